The van der Waals surface area contributed by atoms with E-state index in [-0.39, 0.29) is 17.9 Å². The third-order valence-electron chi connectivity index (χ3n) is 3.38. The maximum absolute atomic E-state index is 13.0. The fourth-order valence-corrected chi connectivity index (χ4v) is 2.05. The minimum atomic E-state index is -0.364. The van der Waals surface area contributed by atoms with Crippen LogP contribution in [0, 0.1) is 11.7 Å². The summed E-state index contributed by atoms with van der Waals surface area (Å²) in [6, 6.07) is 5.65. The zero-order valence-corrected chi connectivity index (χ0v) is 10.4. The molecule has 0 aliphatic carbocycles. The number of carbonyl (C=O) groups is 1. The Morgan fingerprint density at radius 2 is 2.33 bits per heavy atom. The van der Waals surface area contributed by atoms with Crippen molar-refractivity contribution in [3.05, 3.63) is 30.1 Å². The van der Waals surface area contributed by atoms with Crippen molar-refractivity contribution in [1.29, 1.82) is 0 Å². The third kappa shape index (κ3) is 2.98. The lowest BCUT2D eigenvalue weighted by atomic mass is 9.94. The first-order valence-electron chi connectivity index (χ1n) is 6.13. The summed E-state index contributed by atoms with van der Waals surface area (Å²) < 4.78 is 13.0. The average molecular weight is 251 g/mol. The van der Waals surface area contributed by atoms with Crippen molar-refractivity contribution in [3.63, 3.8) is 0 Å². The number of piperidine rings is 1. The number of hydrogen-bond donors (Lipinski definition) is 2. The fourth-order valence-electron chi connectivity index (χ4n) is 2.05. The van der Waals surface area contributed by atoms with Crippen molar-refractivity contribution in [2.75, 3.05) is 18.4 Å². The van der Waals surface area contributed by atoms with E-state index in [4.69, 9.17) is 5.73 Å². The SMILES string of the molecule is CC1CCN(C(=O)Nc2cccc(F)c2)CC1N. The molecule has 18 heavy (non-hydrogen) atoms. The predicted octanol–water partition coefficient (Wildman–Crippen LogP) is 2.03. The van der Waals surface area contributed by atoms with Gasteiger partial charge in [0.05, 0.1) is 0 Å². The molecule has 98 valence electrons. The number of amides is 2. The van der Waals surface area contributed by atoms with Crippen LogP contribution >= 0.6 is 0 Å². The Labute approximate surface area is 106 Å². The molecule has 0 aromatic heterocycles. The maximum atomic E-state index is 13.0. The standard InChI is InChI=1S/C13H18FN3O/c1-9-5-6-17(8-12(9)15)13(18)16-11-4-2-3-10(14)7-11/h2-4,7,9,12H,5-6,8,15H2,1H3,(H,16,18). The van der Waals surface area contributed by atoms with Crippen LogP contribution in [0.2, 0.25) is 0 Å². The first-order chi connectivity index (χ1) is 8.56. The van der Waals surface area contributed by atoms with Crippen LogP contribution in [0.3, 0.4) is 0 Å². The number of anilines is 1. The predicted molar refractivity (Wildman–Crippen MR) is 68.7 cm³/mol. The summed E-state index contributed by atoms with van der Waals surface area (Å²) in [5, 5.41) is 2.68. The third-order valence-corrected chi connectivity index (χ3v) is 3.38. The van der Waals surface area contributed by atoms with Crippen molar-refractivity contribution in [3.8, 4) is 0 Å². The first-order valence-corrected chi connectivity index (χ1v) is 6.13. The van der Waals surface area contributed by atoms with Gasteiger partial charge in [0.25, 0.3) is 0 Å². The van der Waals surface area contributed by atoms with Crippen LogP contribution in [0.4, 0.5) is 14.9 Å². The van der Waals surface area contributed by atoms with E-state index in [9.17, 15) is 9.18 Å². The van der Waals surface area contributed by atoms with Crippen molar-refractivity contribution in [2.24, 2.45) is 11.7 Å². The number of rotatable bonds is 1. The smallest absolute Gasteiger partial charge is 0.321 e. The van der Waals surface area contributed by atoms with E-state index in [0.717, 1.165) is 6.42 Å². The summed E-state index contributed by atoms with van der Waals surface area (Å²) >= 11 is 0. The first kappa shape index (κ1) is 12.8. The lowest BCUT2D eigenvalue weighted by Crippen LogP contribution is -2.50. The molecule has 2 unspecified atom stereocenters. The Bertz CT molecular complexity index is 438. The summed E-state index contributed by atoms with van der Waals surface area (Å²) in [5.74, 6) is 0.0694. The summed E-state index contributed by atoms with van der Waals surface area (Å²) in [7, 11) is 0. The molecular formula is C13H18FN3O. The van der Waals surface area contributed by atoms with E-state index in [2.05, 4.69) is 12.2 Å². The Kier molecular flexibility index (Phi) is 3.81. The summed E-state index contributed by atoms with van der Waals surface area (Å²) in [6.07, 6.45) is 0.901. The minimum absolute atomic E-state index is 0.0111. The van der Waals surface area contributed by atoms with Crippen LogP contribution in [-0.2, 0) is 0 Å². The molecule has 4 nitrogen and oxygen atoms in total. The number of likely N-dealkylation sites (tertiary alicyclic amines) is 1. The Morgan fingerprint density at radius 1 is 1.56 bits per heavy atom. The zero-order valence-electron chi connectivity index (χ0n) is 10.4. The van der Waals surface area contributed by atoms with Gasteiger partial charge >= 0.3 is 6.03 Å². The number of benzene rings is 1. The van der Waals surface area contributed by atoms with Crippen LogP contribution in [0.25, 0.3) is 0 Å². The van der Waals surface area contributed by atoms with E-state index in [1.54, 1.807) is 17.0 Å². The number of nitrogens with two attached hydrogens (primary N) is 1. The van der Waals surface area contributed by atoms with Gasteiger partial charge in [-0.05, 0) is 30.5 Å². The van der Waals surface area contributed by atoms with E-state index in [1.807, 2.05) is 0 Å². The van der Waals surface area contributed by atoms with Crippen molar-refractivity contribution >= 4 is 11.7 Å². The number of nitrogens with one attached hydrogen (secondary N) is 1. The van der Waals surface area contributed by atoms with Crippen molar-refractivity contribution < 1.29 is 9.18 Å². The van der Waals surface area contributed by atoms with Gasteiger partial charge in [-0.2, -0.15) is 0 Å². The van der Waals surface area contributed by atoms with Gasteiger partial charge in [0.2, 0.25) is 0 Å². The molecule has 3 N–H and O–H groups in total. The molecule has 1 aliphatic rings. The Morgan fingerprint density at radius 3 is 3.00 bits per heavy atom. The van der Waals surface area contributed by atoms with Crippen molar-refractivity contribution in [1.82, 2.24) is 4.90 Å². The largest absolute Gasteiger partial charge is 0.326 e. The number of hydrogen-bond acceptors (Lipinski definition) is 2. The topological polar surface area (TPSA) is 58.4 Å². The number of nitrogens with zero attached hydrogens (tertiary/aromatic N) is 1. The van der Waals surface area contributed by atoms with Gasteiger partial charge in [0, 0.05) is 24.8 Å². The minimum Gasteiger partial charge on any atom is -0.326 e. The highest BCUT2D eigenvalue weighted by Crippen LogP contribution is 2.17. The van der Waals surface area contributed by atoms with Gasteiger partial charge in [-0.1, -0.05) is 13.0 Å². The molecule has 1 fully saturated rings. The molecule has 2 amide bonds. The number of carbonyl (C=O) groups excluding carboxylic acids is 1. The maximum Gasteiger partial charge on any atom is 0.321 e. The molecule has 1 aromatic rings. The summed E-state index contributed by atoms with van der Waals surface area (Å²) in [4.78, 5) is 13.6. The van der Waals surface area contributed by atoms with Crippen LogP contribution in [0.1, 0.15) is 13.3 Å². The average Bonchev–Trinajstić information content (AvgIpc) is 2.32. The lowest BCUT2D eigenvalue weighted by Gasteiger charge is -2.34. The number of halogens is 1. The van der Waals surface area contributed by atoms with Gasteiger partial charge in [-0.3, -0.25) is 0 Å². The summed E-state index contributed by atoms with van der Waals surface area (Å²) in [5.41, 5.74) is 6.41. The van der Waals surface area contributed by atoms with E-state index >= 15 is 0 Å². The van der Waals surface area contributed by atoms with Gasteiger partial charge in [-0.15, -0.1) is 0 Å². The molecule has 1 saturated heterocycles. The van der Waals surface area contributed by atoms with Crippen LogP contribution in [-0.4, -0.2) is 30.1 Å². The van der Waals surface area contributed by atoms with Gasteiger partial charge in [-0.25, -0.2) is 9.18 Å². The fraction of sp³-hybridized carbons (Fsp3) is 0.462. The molecule has 0 saturated carbocycles. The molecule has 0 radical (unpaired) electrons. The highest BCUT2D eigenvalue weighted by molar-refractivity contribution is 5.89. The quantitative estimate of drug-likeness (QED) is 0.802. The molecule has 1 aromatic carbocycles. The van der Waals surface area contributed by atoms with Crippen LogP contribution in [0.5, 0.6) is 0 Å². The van der Waals surface area contributed by atoms with Crippen molar-refractivity contribution in [2.45, 2.75) is 19.4 Å². The molecule has 2 rings (SSSR count). The molecule has 5 heteroatoms. The highest BCUT2D eigenvalue weighted by Gasteiger charge is 2.26. The highest BCUT2D eigenvalue weighted by atomic mass is 19.1. The zero-order chi connectivity index (χ0) is 13.1. The van der Waals surface area contributed by atoms with Gasteiger partial charge in [0.15, 0.2) is 0 Å². The Balaban J connectivity index is 1.96. The lowest BCUT2D eigenvalue weighted by molar-refractivity contribution is 0.174. The number of urea groups is 1. The van der Waals surface area contributed by atoms with E-state index in [1.165, 1.54) is 12.1 Å². The molecular weight excluding hydrogens is 233 g/mol. The molecule has 0 spiro atoms. The monoisotopic (exact) mass is 251 g/mol. The normalized spacial score (nSPS) is 23.8. The van der Waals surface area contributed by atoms with E-state index in [0.29, 0.717) is 24.7 Å². The molecule has 2 atom stereocenters. The second-order valence-corrected chi connectivity index (χ2v) is 4.82. The van der Waals surface area contributed by atoms with Gasteiger partial charge in [0.1, 0.15) is 5.82 Å². The molecule has 1 heterocycles. The van der Waals surface area contributed by atoms with Crippen LogP contribution < -0.4 is 11.1 Å². The van der Waals surface area contributed by atoms with E-state index < -0.39 is 0 Å². The van der Waals surface area contributed by atoms with Gasteiger partial charge < -0.3 is 16.0 Å². The second-order valence-electron chi connectivity index (χ2n) is 4.82. The molecule has 1 aliphatic heterocycles. The van der Waals surface area contributed by atoms with Crippen LogP contribution in [0.15, 0.2) is 24.3 Å². The Hall–Kier alpha value is -1.62. The second kappa shape index (κ2) is 5.35. The summed E-state index contributed by atoms with van der Waals surface area (Å²) in [6.45, 7) is 3.32. The molecule has 0 bridgehead atoms.